The van der Waals surface area contributed by atoms with Gasteiger partial charge in [-0.1, -0.05) is 0 Å². The Balaban J connectivity index is 2.16. The minimum absolute atomic E-state index is 0.0534. The van der Waals surface area contributed by atoms with E-state index in [4.69, 9.17) is 5.11 Å². The molecule has 0 radical (unpaired) electrons. The van der Waals surface area contributed by atoms with Gasteiger partial charge in [0.25, 0.3) is 5.91 Å². The molecule has 0 saturated heterocycles. The molecular formula is C15H20N4O3. The number of aromatic carboxylic acids is 1. The van der Waals surface area contributed by atoms with Gasteiger partial charge < -0.3 is 15.4 Å². The number of carboxylic acid groups (broad SMARTS) is 1. The van der Waals surface area contributed by atoms with Crippen LogP contribution in [-0.2, 0) is 13.1 Å². The highest BCUT2D eigenvalue weighted by molar-refractivity contribution is 6.00. The summed E-state index contributed by atoms with van der Waals surface area (Å²) in [6.45, 7) is 8.40. The average Bonchev–Trinajstić information content (AvgIpc) is 2.96. The van der Waals surface area contributed by atoms with Crippen LogP contribution in [0.25, 0.3) is 0 Å². The van der Waals surface area contributed by atoms with Gasteiger partial charge in [0, 0.05) is 30.0 Å². The fourth-order valence-electron chi connectivity index (χ4n) is 2.55. The van der Waals surface area contributed by atoms with E-state index in [0.717, 1.165) is 17.8 Å². The molecule has 7 heteroatoms. The summed E-state index contributed by atoms with van der Waals surface area (Å²) in [7, 11) is 0. The van der Waals surface area contributed by atoms with Crippen LogP contribution in [0.2, 0.25) is 0 Å². The molecule has 0 bridgehead atoms. The van der Waals surface area contributed by atoms with Gasteiger partial charge in [0.2, 0.25) is 0 Å². The Hall–Kier alpha value is -2.57. The number of aromatic nitrogens is 3. The zero-order valence-electron chi connectivity index (χ0n) is 13.1. The molecule has 2 rings (SSSR count). The molecule has 2 aromatic heterocycles. The molecule has 0 aromatic carbocycles. The number of nitrogens with one attached hydrogen (secondary N) is 2. The average molecular weight is 304 g/mol. The van der Waals surface area contributed by atoms with Crippen molar-refractivity contribution in [3.8, 4) is 0 Å². The van der Waals surface area contributed by atoms with Crippen molar-refractivity contribution in [1.29, 1.82) is 0 Å². The van der Waals surface area contributed by atoms with Crippen molar-refractivity contribution in [3.05, 3.63) is 40.0 Å². The van der Waals surface area contributed by atoms with Gasteiger partial charge in [0.05, 0.1) is 11.8 Å². The zero-order valence-corrected chi connectivity index (χ0v) is 13.1. The molecule has 0 aliphatic heterocycles. The lowest BCUT2D eigenvalue weighted by atomic mass is 10.1. The van der Waals surface area contributed by atoms with E-state index in [1.165, 1.54) is 0 Å². The molecule has 2 heterocycles. The zero-order chi connectivity index (χ0) is 16.4. The van der Waals surface area contributed by atoms with Gasteiger partial charge in [-0.15, -0.1) is 0 Å². The third kappa shape index (κ3) is 2.74. The highest BCUT2D eigenvalue weighted by Crippen LogP contribution is 2.18. The summed E-state index contributed by atoms with van der Waals surface area (Å²) in [5.41, 5.74) is 3.39. The lowest BCUT2D eigenvalue weighted by Crippen LogP contribution is -2.24. The first kappa shape index (κ1) is 15.8. The number of hydrogen-bond donors (Lipinski definition) is 3. The van der Waals surface area contributed by atoms with E-state index in [9.17, 15) is 9.59 Å². The molecule has 0 unspecified atom stereocenters. The standard InChI is InChI=1S/C15H20N4O3/c1-5-19-10(4)11(7-17-19)6-16-14(20)12-8(2)13(15(21)22)18-9(12)3/h7,18H,5-6H2,1-4H3,(H,16,20)(H,21,22). The third-order valence-electron chi connectivity index (χ3n) is 3.82. The van der Waals surface area contributed by atoms with Crippen molar-refractivity contribution >= 4 is 11.9 Å². The van der Waals surface area contributed by atoms with E-state index >= 15 is 0 Å². The number of nitrogens with zero attached hydrogens (tertiary/aromatic N) is 2. The van der Waals surface area contributed by atoms with Crippen LogP contribution in [0.15, 0.2) is 6.20 Å². The molecule has 2 aromatic rings. The highest BCUT2D eigenvalue weighted by atomic mass is 16.4. The number of carbonyl (C=O) groups excluding carboxylic acids is 1. The molecule has 1 amide bonds. The van der Waals surface area contributed by atoms with Crippen molar-refractivity contribution in [2.24, 2.45) is 0 Å². The number of hydrogen-bond acceptors (Lipinski definition) is 3. The van der Waals surface area contributed by atoms with E-state index in [1.54, 1.807) is 20.0 Å². The first-order valence-corrected chi connectivity index (χ1v) is 7.08. The Bertz CT molecular complexity index is 727. The van der Waals surface area contributed by atoms with Crippen LogP contribution < -0.4 is 5.32 Å². The van der Waals surface area contributed by atoms with Crippen molar-refractivity contribution in [1.82, 2.24) is 20.1 Å². The van der Waals surface area contributed by atoms with Crippen LogP contribution in [0.1, 0.15) is 50.3 Å². The number of rotatable bonds is 5. The molecule has 3 N–H and O–H groups in total. The van der Waals surface area contributed by atoms with Gasteiger partial charge in [0.1, 0.15) is 5.69 Å². The second kappa shape index (κ2) is 6.05. The van der Waals surface area contributed by atoms with Crippen LogP contribution in [0.5, 0.6) is 0 Å². The van der Waals surface area contributed by atoms with Crippen molar-refractivity contribution in [3.63, 3.8) is 0 Å². The topological polar surface area (TPSA) is 100 Å². The molecule has 0 aliphatic rings. The second-order valence-corrected chi connectivity index (χ2v) is 5.18. The smallest absolute Gasteiger partial charge is 0.352 e. The van der Waals surface area contributed by atoms with Crippen LogP contribution in [0.4, 0.5) is 0 Å². The maximum absolute atomic E-state index is 12.3. The predicted molar refractivity (Wildman–Crippen MR) is 81.0 cm³/mol. The van der Waals surface area contributed by atoms with Crippen molar-refractivity contribution < 1.29 is 14.7 Å². The number of carboxylic acids is 1. The highest BCUT2D eigenvalue weighted by Gasteiger charge is 2.21. The Morgan fingerprint density at radius 2 is 2.05 bits per heavy atom. The van der Waals surface area contributed by atoms with Crippen molar-refractivity contribution in [2.45, 2.75) is 40.8 Å². The fourth-order valence-corrected chi connectivity index (χ4v) is 2.55. The van der Waals surface area contributed by atoms with Gasteiger partial charge in [-0.2, -0.15) is 5.10 Å². The Morgan fingerprint density at radius 3 is 2.55 bits per heavy atom. The summed E-state index contributed by atoms with van der Waals surface area (Å²) < 4.78 is 1.86. The lowest BCUT2D eigenvalue weighted by Gasteiger charge is -2.06. The van der Waals surface area contributed by atoms with Gasteiger partial charge in [0.15, 0.2) is 0 Å². The van der Waals surface area contributed by atoms with E-state index < -0.39 is 5.97 Å². The molecule has 0 spiro atoms. The summed E-state index contributed by atoms with van der Waals surface area (Å²) in [5, 5.41) is 16.1. The molecule has 0 fully saturated rings. The normalized spacial score (nSPS) is 10.7. The molecule has 118 valence electrons. The predicted octanol–water partition coefficient (Wildman–Crippen LogP) is 1.78. The molecule has 0 aliphatic carbocycles. The van der Waals surface area contributed by atoms with Crippen LogP contribution in [0.3, 0.4) is 0 Å². The van der Waals surface area contributed by atoms with Crippen LogP contribution >= 0.6 is 0 Å². The largest absolute Gasteiger partial charge is 0.477 e. The number of amides is 1. The van der Waals surface area contributed by atoms with E-state index in [0.29, 0.717) is 23.4 Å². The summed E-state index contributed by atoms with van der Waals surface area (Å²) in [4.78, 5) is 26.2. The van der Waals surface area contributed by atoms with E-state index in [1.807, 2.05) is 18.5 Å². The Labute approximate surface area is 128 Å². The Kier molecular flexibility index (Phi) is 4.35. The SMILES string of the molecule is CCn1ncc(CNC(=O)c2c(C)[nH]c(C(=O)O)c2C)c1C. The molecule has 0 atom stereocenters. The van der Waals surface area contributed by atoms with Gasteiger partial charge >= 0.3 is 5.97 Å². The van der Waals surface area contributed by atoms with E-state index in [-0.39, 0.29) is 11.6 Å². The first-order valence-electron chi connectivity index (χ1n) is 7.08. The monoisotopic (exact) mass is 304 g/mol. The number of H-pyrrole nitrogens is 1. The van der Waals surface area contributed by atoms with Crippen LogP contribution in [0, 0.1) is 20.8 Å². The Morgan fingerprint density at radius 1 is 1.36 bits per heavy atom. The maximum Gasteiger partial charge on any atom is 0.352 e. The molecule has 7 nitrogen and oxygen atoms in total. The first-order chi connectivity index (χ1) is 10.4. The maximum atomic E-state index is 12.3. The molecule has 0 saturated carbocycles. The second-order valence-electron chi connectivity index (χ2n) is 5.18. The minimum Gasteiger partial charge on any atom is -0.477 e. The summed E-state index contributed by atoms with van der Waals surface area (Å²) in [6, 6.07) is 0. The fraction of sp³-hybridized carbons (Fsp3) is 0.400. The lowest BCUT2D eigenvalue weighted by molar-refractivity contribution is 0.0690. The van der Waals surface area contributed by atoms with Crippen molar-refractivity contribution in [2.75, 3.05) is 0 Å². The number of aromatic amines is 1. The van der Waals surface area contributed by atoms with Gasteiger partial charge in [-0.3, -0.25) is 9.48 Å². The van der Waals surface area contributed by atoms with Gasteiger partial charge in [-0.05, 0) is 33.3 Å². The number of carbonyl (C=O) groups is 2. The number of aryl methyl sites for hydroxylation is 2. The minimum atomic E-state index is -1.07. The van der Waals surface area contributed by atoms with E-state index in [2.05, 4.69) is 15.4 Å². The third-order valence-corrected chi connectivity index (χ3v) is 3.82. The summed E-state index contributed by atoms with van der Waals surface area (Å²) >= 11 is 0. The molecule has 22 heavy (non-hydrogen) atoms. The van der Waals surface area contributed by atoms with Crippen LogP contribution in [-0.4, -0.2) is 31.7 Å². The summed E-state index contributed by atoms with van der Waals surface area (Å²) in [5.74, 6) is -1.36. The van der Waals surface area contributed by atoms with Gasteiger partial charge in [-0.25, -0.2) is 4.79 Å². The quantitative estimate of drug-likeness (QED) is 0.784. The molecular weight excluding hydrogens is 284 g/mol. The summed E-state index contributed by atoms with van der Waals surface area (Å²) in [6.07, 6.45) is 1.73.